The van der Waals surface area contributed by atoms with Gasteiger partial charge in [-0.05, 0) is 26.0 Å². The van der Waals surface area contributed by atoms with E-state index in [0.717, 1.165) is 43.4 Å². The second-order valence-corrected chi connectivity index (χ2v) is 6.07. The molecule has 23 heavy (non-hydrogen) atoms. The van der Waals surface area contributed by atoms with Crippen molar-refractivity contribution in [3.63, 3.8) is 0 Å². The molecule has 6 heteroatoms. The predicted octanol–water partition coefficient (Wildman–Crippen LogP) is 2.05. The second-order valence-electron chi connectivity index (χ2n) is 6.07. The largest absolute Gasteiger partial charge is 0.373 e. The molecule has 1 aliphatic rings. The number of hydrogen-bond acceptors (Lipinski definition) is 5. The van der Waals surface area contributed by atoms with Gasteiger partial charge in [0.25, 0.3) is 0 Å². The molecule has 1 N–H and O–H groups in total. The van der Waals surface area contributed by atoms with E-state index < -0.39 is 0 Å². The van der Waals surface area contributed by atoms with Crippen molar-refractivity contribution in [1.82, 2.24) is 19.7 Å². The molecule has 0 saturated carbocycles. The molecule has 1 fully saturated rings. The van der Waals surface area contributed by atoms with Crippen LogP contribution in [0.15, 0.2) is 18.2 Å². The Kier molecular flexibility index (Phi) is 4.63. The quantitative estimate of drug-likeness (QED) is 0.936. The van der Waals surface area contributed by atoms with Gasteiger partial charge in [0.2, 0.25) is 0 Å². The number of morpholine rings is 1. The number of nitrogens with one attached hydrogen (secondary N) is 1. The third-order valence-electron chi connectivity index (χ3n) is 4.55. The lowest BCUT2D eigenvalue weighted by Gasteiger charge is -2.32. The Morgan fingerprint density at radius 2 is 2.17 bits per heavy atom. The van der Waals surface area contributed by atoms with Crippen LogP contribution in [0.25, 0.3) is 0 Å². The van der Waals surface area contributed by atoms with Gasteiger partial charge in [-0.2, -0.15) is 5.10 Å². The van der Waals surface area contributed by atoms with Crippen LogP contribution in [0.1, 0.15) is 28.7 Å². The Balaban J connectivity index is 1.73. The van der Waals surface area contributed by atoms with Crippen LogP contribution in [-0.2, 0) is 18.3 Å². The first-order valence-corrected chi connectivity index (χ1v) is 8.06. The zero-order valence-electron chi connectivity index (χ0n) is 14.3. The molecule has 3 heterocycles. The minimum atomic E-state index is 0.0225. The van der Waals surface area contributed by atoms with E-state index in [1.54, 1.807) is 0 Å². The highest BCUT2D eigenvalue weighted by atomic mass is 16.5. The summed E-state index contributed by atoms with van der Waals surface area (Å²) in [5.74, 6) is 0.877. The van der Waals surface area contributed by atoms with E-state index >= 15 is 0 Å². The van der Waals surface area contributed by atoms with Crippen molar-refractivity contribution in [2.75, 3.05) is 32.1 Å². The smallest absolute Gasteiger partial charge is 0.126 e. The number of aryl methyl sites for hydroxylation is 2. The summed E-state index contributed by atoms with van der Waals surface area (Å²) in [5, 5.41) is 7.60. The van der Waals surface area contributed by atoms with Crippen molar-refractivity contribution in [3.8, 4) is 0 Å². The standard InChI is InChI=1S/C17H25N5O/c1-12-14(13(2)21(4)20-12)10-22-8-9-23-16(11-22)15-6-5-7-17(18-3)19-15/h5-7,16H,8-11H2,1-4H3,(H,18,19)/t16-/m0/s1. The van der Waals surface area contributed by atoms with Gasteiger partial charge in [0.15, 0.2) is 0 Å². The normalized spacial score (nSPS) is 19.0. The molecule has 3 rings (SSSR count). The maximum atomic E-state index is 5.94. The SMILES string of the molecule is CNc1cccc([C@@H]2CN(Cc3c(C)nn(C)c3C)CCO2)n1. The summed E-state index contributed by atoms with van der Waals surface area (Å²) in [5.41, 5.74) is 4.66. The van der Waals surface area contributed by atoms with Crippen molar-refractivity contribution < 1.29 is 4.74 Å². The molecule has 6 nitrogen and oxygen atoms in total. The molecule has 1 aliphatic heterocycles. The van der Waals surface area contributed by atoms with Crippen LogP contribution in [0, 0.1) is 13.8 Å². The first kappa shape index (κ1) is 16.0. The van der Waals surface area contributed by atoms with Crippen LogP contribution in [0.3, 0.4) is 0 Å². The number of rotatable bonds is 4. The summed E-state index contributed by atoms with van der Waals surface area (Å²) in [6.45, 7) is 7.65. The van der Waals surface area contributed by atoms with Crippen LogP contribution in [-0.4, -0.2) is 46.4 Å². The van der Waals surface area contributed by atoms with Gasteiger partial charge in [0, 0.05) is 45.0 Å². The number of anilines is 1. The van der Waals surface area contributed by atoms with Gasteiger partial charge in [-0.3, -0.25) is 9.58 Å². The summed E-state index contributed by atoms with van der Waals surface area (Å²) < 4.78 is 7.90. The molecule has 0 bridgehead atoms. The molecule has 2 aromatic rings. The predicted molar refractivity (Wildman–Crippen MR) is 90.4 cm³/mol. The van der Waals surface area contributed by atoms with E-state index in [4.69, 9.17) is 4.74 Å². The molecule has 0 aromatic carbocycles. The maximum absolute atomic E-state index is 5.94. The van der Waals surface area contributed by atoms with E-state index in [-0.39, 0.29) is 6.10 Å². The summed E-state index contributed by atoms with van der Waals surface area (Å²) >= 11 is 0. The van der Waals surface area contributed by atoms with Gasteiger partial charge in [0.1, 0.15) is 11.9 Å². The minimum absolute atomic E-state index is 0.0225. The van der Waals surface area contributed by atoms with Gasteiger partial charge < -0.3 is 10.1 Å². The van der Waals surface area contributed by atoms with Crippen LogP contribution >= 0.6 is 0 Å². The number of pyridine rings is 1. The van der Waals surface area contributed by atoms with Gasteiger partial charge in [0.05, 0.1) is 18.0 Å². The van der Waals surface area contributed by atoms with Crippen molar-refractivity contribution in [1.29, 1.82) is 0 Å². The van der Waals surface area contributed by atoms with E-state index in [9.17, 15) is 0 Å². The number of nitrogens with zero attached hydrogens (tertiary/aromatic N) is 4. The average molecular weight is 315 g/mol. The monoisotopic (exact) mass is 315 g/mol. The van der Waals surface area contributed by atoms with Crippen molar-refractivity contribution in [2.45, 2.75) is 26.5 Å². The molecule has 0 unspecified atom stereocenters. The Bertz CT molecular complexity index is 682. The fraction of sp³-hybridized carbons (Fsp3) is 0.529. The Morgan fingerprint density at radius 1 is 1.35 bits per heavy atom. The van der Waals surface area contributed by atoms with E-state index in [1.165, 1.54) is 11.3 Å². The molecule has 0 radical (unpaired) electrons. The number of aromatic nitrogens is 3. The molecule has 0 amide bonds. The first-order valence-electron chi connectivity index (χ1n) is 8.06. The number of hydrogen-bond donors (Lipinski definition) is 1. The van der Waals surface area contributed by atoms with Gasteiger partial charge in [-0.15, -0.1) is 0 Å². The fourth-order valence-electron chi connectivity index (χ4n) is 3.07. The highest BCUT2D eigenvalue weighted by Gasteiger charge is 2.24. The van der Waals surface area contributed by atoms with Crippen LogP contribution in [0.2, 0.25) is 0 Å². The molecule has 0 aliphatic carbocycles. The highest BCUT2D eigenvalue weighted by molar-refractivity contribution is 5.35. The van der Waals surface area contributed by atoms with Crippen LogP contribution < -0.4 is 5.32 Å². The van der Waals surface area contributed by atoms with E-state index in [0.29, 0.717) is 0 Å². The topological polar surface area (TPSA) is 55.2 Å². The average Bonchev–Trinajstić information content (AvgIpc) is 2.81. The molecule has 0 spiro atoms. The molecular weight excluding hydrogens is 290 g/mol. The lowest BCUT2D eigenvalue weighted by molar-refractivity contribution is -0.0350. The Labute approximate surface area is 137 Å². The first-order chi connectivity index (χ1) is 11.1. The van der Waals surface area contributed by atoms with Gasteiger partial charge >= 0.3 is 0 Å². The van der Waals surface area contributed by atoms with Crippen molar-refractivity contribution in [2.24, 2.45) is 7.05 Å². The van der Waals surface area contributed by atoms with Gasteiger partial charge in [-0.1, -0.05) is 6.07 Å². The minimum Gasteiger partial charge on any atom is -0.373 e. The highest BCUT2D eigenvalue weighted by Crippen LogP contribution is 2.24. The molecule has 2 aromatic heterocycles. The van der Waals surface area contributed by atoms with E-state index in [1.807, 2.05) is 37.0 Å². The Morgan fingerprint density at radius 3 is 2.87 bits per heavy atom. The lowest BCUT2D eigenvalue weighted by atomic mass is 10.1. The van der Waals surface area contributed by atoms with Crippen LogP contribution in [0.5, 0.6) is 0 Å². The molecule has 124 valence electrons. The summed E-state index contributed by atoms with van der Waals surface area (Å²) in [6.07, 6.45) is 0.0225. The second kappa shape index (κ2) is 6.68. The fourth-order valence-corrected chi connectivity index (χ4v) is 3.07. The molecule has 1 atom stereocenters. The third-order valence-corrected chi connectivity index (χ3v) is 4.55. The van der Waals surface area contributed by atoms with E-state index in [2.05, 4.69) is 34.1 Å². The van der Waals surface area contributed by atoms with Crippen LogP contribution in [0.4, 0.5) is 5.82 Å². The van der Waals surface area contributed by atoms with Crippen molar-refractivity contribution in [3.05, 3.63) is 40.8 Å². The third kappa shape index (κ3) is 3.38. The van der Waals surface area contributed by atoms with Crippen molar-refractivity contribution >= 4 is 5.82 Å². The summed E-state index contributed by atoms with van der Waals surface area (Å²) in [4.78, 5) is 7.05. The Hall–Kier alpha value is -1.92. The lowest BCUT2D eigenvalue weighted by Crippen LogP contribution is -2.38. The zero-order valence-corrected chi connectivity index (χ0v) is 14.3. The molecule has 1 saturated heterocycles. The summed E-state index contributed by atoms with van der Waals surface area (Å²) in [7, 11) is 3.88. The zero-order chi connectivity index (χ0) is 16.4. The maximum Gasteiger partial charge on any atom is 0.126 e. The molecular formula is C17H25N5O. The van der Waals surface area contributed by atoms with Gasteiger partial charge in [-0.25, -0.2) is 4.98 Å². The number of ether oxygens (including phenoxy) is 1. The summed E-state index contributed by atoms with van der Waals surface area (Å²) in [6, 6.07) is 6.02.